The number of hydrogen-bond acceptors (Lipinski definition) is 4. The number of fused-ring (bicyclic) bond motifs is 1. The predicted molar refractivity (Wildman–Crippen MR) is 97.0 cm³/mol. The fourth-order valence-electron chi connectivity index (χ4n) is 2.74. The Labute approximate surface area is 153 Å². The van der Waals surface area contributed by atoms with Crippen molar-refractivity contribution in [1.82, 2.24) is 4.98 Å². The molecule has 1 aromatic heterocycles. The normalized spacial score (nSPS) is 11.7. The van der Waals surface area contributed by atoms with Crippen LogP contribution in [-0.4, -0.2) is 18.7 Å². The number of nitrogens with zero attached hydrogens (tertiary/aromatic N) is 1. The van der Waals surface area contributed by atoms with Gasteiger partial charge in [-0.25, -0.2) is 17.2 Å². The number of aromatic amines is 1. The summed E-state index contributed by atoms with van der Waals surface area (Å²) in [5.41, 5.74) is -0.435. The average molecular weight is 388 g/mol. The molecule has 5 nitrogen and oxygen atoms in total. The summed E-state index contributed by atoms with van der Waals surface area (Å²) in [5.74, 6) is -1.88. The van der Waals surface area contributed by atoms with E-state index in [9.17, 15) is 27.3 Å². The van der Waals surface area contributed by atoms with Crippen LogP contribution in [-0.2, 0) is 9.84 Å². The molecule has 0 unspecified atom stereocenters. The smallest absolute Gasteiger partial charge is 0.192 e. The van der Waals surface area contributed by atoms with E-state index in [0.717, 1.165) is 12.1 Å². The van der Waals surface area contributed by atoms with E-state index in [-0.39, 0.29) is 32.6 Å². The van der Waals surface area contributed by atoms with Gasteiger partial charge in [0.2, 0.25) is 0 Å². The molecular weight excluding hydrogens is 374 g/mol. The van der Waals surface area contributed by atoms with Gasteiger partial charge in [-0.1, -0.05) is 0 Å². The van der Waals surface area contributed by atoms with E-state index < -0.39 is 32.2 Å². The molecule has 8 heteroatoms. The monoisotopic (exact) mass is 388 g/mol. The Morgan fingerprint density at radius 3 is 2.44 bits per heavy atom. The number of nitrogens with one attached hydrogen (secondary N) is 1. The molecule has 0 spiro atoms. The number of benzene rings is 2. The van der Waals surface area contributed by atoms with Crippen molar-refractivity contribution in [2.24, 2.45) is 0 Å². The second-order valence-electron chi connectivity index (χ2n) is 6.27. The molecule has 0 radical (unpaired) electrons. The summed E-state index contributed by atoms with van der Waals surface area (Å²) in [6.45, 7) is 3.05. The minimum atomic E-state index is -3.62. The second kappa shape index (κ2) is 6.59. The summed E-state index contributed by atoms with van der Waals surface area (Å²) >= 11 is 0. The van der Waals surface area contributed by atoms with Crippen LogP contribution in [0.4, 0.5) is 8.78 Å². The molecule has 0 saturated heterocycles. The zero-order valence-corrected chi connectivity index (χ0v) is 15.2. The lowest BCUT2D eigenvalue weighted by molar-refractivity contribution is 0.587. The molecule has 0 saturated carbocycles. The maximum atomic E-state index is 13.9. The van der Waals surface area contributed by atoms with Crippen molar-refractivity contribution >= 4 is 20.7 Å². The van der Waals surface area contributed by atoms with E-state index in [1.54, 1.807) is 0 Å². The number of sulfone groups is 1. The molecule has 27 heavy (non-hydrogen) atoms. The number of aromatic nitrogens is 1. The standard InChI is InChI=1S/C19H14F2N2O3S/c1-10(2)27(25,26)13-4-3-11(9-22)14(7-13)16-8-18(24)19-15(21)5-12(20)6-17(19)23-16/h3-8,10H,1-2H3,(H,23,24). The molecule has 0 atom stereocenters. The lowest BCUT2D eigenvalue weighted by atomic mass is 10.0. The highest BCUT2D eigenvalue weighted by Crippen LogP contribution is 2.28. The highest BCUT2D eigenvalue weighted by atomic mass is 32.2. The van der Waals surface area contributed by atoms with Gasteiger partial charge in [-0.2, -0.15) is 5.26 Å². The van der Waals surface area contributed by atoms with Crippen molar-refractivity contribution in [3.05, 3.63) is 63.8 Å². The minimum absolute atomic E-state index is 0.0159. The molecule has 1 heterocycles. The lowest BCUT2D eigenvalue weighted by Gasteiger charge is -2.12. The van der Waals surface area contributed by atoms with E-state index in [1.807, 2.05) is 6.07 Å². The predicted octanol–water partition coefficient (Wildman–Crippen LogP) is 3.53. The van der Waals surface area contributed by atoms with Crippen LogP contribution in [0.15, 0.2) is 46.1 Å². The van der Waals surface area contributed by atoms with Gasteiger partial charge < -0.3 is 4.98 Å². The Morgan fingerprint density at radius 1 is 1.11 bits per heavy atom. The van der Waals surface area contributed by atoms with E-state index in [2.05, 4.69) is 4.98 Å². The van der Waals surface area contributed by atoms with Crippen LogP contribution in [0.25, 0.3) is 22.2 Å². The number of rotatable bonds is 3. The van der Waals surface area contributed by atoms with Gasteiger partial charge in [0.1, 0.15) is 11.6 Å². The third-order valence-corrected chi connectivity index (χ3v) is 6.35. The molecule has 3 rings (SSSR count). The lowest BCUT2D eigenvalue weighted by Crippen LogP contribution is -2.14. The number of nitriles is 1. The van der Waals surface area contributed by atoms with E-state index in [0.29, 0.717) is 6.07 Å². The number of halogens is 2. The van der Waals surface area contributed by atoms with Crippen LogP contribution in [0, 0.1) is 23.0 Å². The Balaban J connectivity index is 2.34. The largest absolute Gasteiger partial charge is 0.354 e. The molecule has 1 N–H and O–H groups in total. The second-order valence-corrected chi connectivity index (χ2v) is 8.77. The van der Waals surface area contributed by atoms with E-state index in [1.165, 1.54) is 32.0 Å². The van der Waals surface area contributed by atoms with Crippen molar-refractivity contribution in [2.75, 3.05) is 0 Å². The molecule has 0 fully saturated rings. The molecule has 3 aromatic rings. The molecule has 2 aromatic carbocycles. The Morgan fingerprint density at radius 2 is 1.81 bits per heavy atom. The first-order valence-corrected chi connectivity index (χ1v) is 9.50. The van der Waals surface area contributed by atoms with E-state index >= 15 is 0 Å². The maximum absolute atomic E-state index is 13.9. The van der Waals surface area contributed by atoms with Crippen molar-refractivity contribution in [3.63, 3.8) is 0 Å². The van der Waals surface area contributed by atoms with Crippen LogP contribution in [0.3, 0.4) is 0 Å². The van der Waals surface area contributed by atoms with Crippen LogP contribution in [0.2, 0.25) is 0 Å². The van der Waals surface area contributed by atoms with Gasteiger partial charge >= 0.3 is 0 Å². The third-order valence-electron chi connectivity index (χ3n) is 4.20. The fourth-order valence-corrected chi connectivity index (χ4v) is 3.83. The molecule has 0 aliphatic carbocycles. The first-order valence-electron chi connectivity index (χ1n) is 7.95. The Bertz CT molecular complexity index is 1270. The summed E-state index contributed by atoms with van der Waals surface area (Å²) in [4.78, 5) is 15.0. The van der Waals surface area contributed by atoms with Crippen molar-refractivity contribution in [2.45, 2.75) is 24.0 Å². The quantitative estimate of drug-likeness (QED) is 0.743. The first kappa shape index (κ1) is 18.7. The minimum Gasteiger partial charge on any atom is -0.354 e. The Hall–Kier alpha value is -3.05. The van der Waals surface area contributed by atoms with Crippen molar-refractivity contribution in [3.8, 4) is 17.3 Å². The topological polar surface area (TPSA) is 90.8 Å². The van der Waals surface area contributed by atoms with Gasteiger partial charge in [0.15, 0.2) is 15.3 Å². The van der Waals surface area contributed by atoms with Gasteiger partial charge in [-0.3, -0.25) is 4.79 Å². The van der Waals surface area contributed by atoms with Gasteiger partial charge in [-0.15, -0.1) is 0 Å². The molecule has 0 amide bonds. The molecule has 0 aliphatic rings. The van der Waals surface area contributed by atoms with Gasteiger partial charge in [-0.05, 0) is 38.1 Å². The van der Waals surface area contributed by atoms with Gasteiger partial charge in [0.05, 0.1) is 38.4 Å². The maximum Gasteiger partial charge on any atom is 0.192 e. The van der Waals surface area contributed by atoms with Crippen LogP contribution < -0.4 is 5.43 Å². The van der Waals surface area contributed by atoms with E-state index in [4.69, 9.17) is 0 Å². The summed E-state index contributed by atoms with van der Waals surface area (Å²) in [6, 6.07) is 8.48. The van der Waals surface area contributed by atoms with Gasteiger partial charge in [0.25, 0.3) is 0 Å². The number of pyridine rings is 1. The third kappa shape index (κ3) is 3.22. The zero-order chi connectivity index (χ0) is 19.9. The molecule has 0 bridgehead atoms. The summed E-state index contributed by atoms with van der Waals surface area (Å²) in [6.07, 6.45) is 0. The summed E-state index contributed by atoms with van der Waals surface area (Å²) < 4.78 is 52.3. The SMILES string of the molecule is CC(C)S(=O)(=O)c1ccc(C#N)c(-c2cc(=O)c3c(F)cc(F)cc3[nH]2)c1. The number of H-pyrrole nitrogens is 1. The van der Waals surface area contributed by atoms with Crippen LogP contribution in [0.5, 0.6) is 0 Å². The molecule has 138 valence electrons. The van der Waals surface area contributed by atoms with Crippen LogP contribution in [0.1, 0.15) is 19.4 Å². The average Bonchev–Trinajstić information content (AvgIpc) is 2.59. The van der Waals surface area contributed by atoms with Crippen molar-refractivity contribution < 1.29 is 17.2 Å². The van der Waals surface area contributed by atoms with Gasteiger partial charge in [0, 0.05) is 17.7 Å². The highest BCUT2D eigenvalue weighted by molar-refractivity contribution is 7.92. The zero-order valence-electron chi connectivity index (χ0n) is 14.4. The first-order chi connectivity index (χ1) is 12.6. The summed E-state index contributed by atoms with van der Waals surface area (Å²) in [7, 11) is -3.62. The fraction of sp³-hybridized carbons (Fsp3) is 0.158. The van der Waals surface area contributed by atoms with Crippen molar-refractivity contribution in [1.29, 1.82) is 5.26 Å². The molecule has 0 aliphatic heterocycles. The highest BCUT2D eigenvalue weighted by Gasteiger charge is 2.21. The summed E-state index contributed by atoms with van der Waals surface area (Å²) in [5, 5.41) is 8.34. The number of hydrogen-bond donors (Lipinski definition) is 1. The Kier molecular flexibility index (Phi) is 4.57. The van der Waals surface area contributed by atoms with Crippen LogP contribution >= 0.6 is 0 Å². The molecular formula is C19H14F2N2O3S.